The molecule has 0 aliphatic carbocycles. The molecule has 0 radical (unpaired) electrons. The molecule has 0 aliphatic rings. The number of nitrogens with two attached hydrogens (primary N) is 1. The predicted molar refractivity (Wildman–Crippen MR) is 68.1 cm³/mol. The van der Waals surface area contributed by atoms with Crippen molar-refractivity contribution in [1.29, 1.82) is 0 Å². The van der Waals surface area contributed by atoms with Crippen LogP contribution in [0.1, 0.15) is 40.0 Å². The van der Waals surface area contributed by atoms with Gasteiger partial charge in [-0.25, -0.2) is 0 Å². The first-order chi connectivity index (χ1) is 7.10. The molecule has 4 heteroatoms. The van der Waals surface area contributed by atoms with Crippen molar-refractivity contribution >= 4 is 17.7 Å². The number of nitrogens with one attached hydrogen (secondary N) is 1. The smallest absolute Gasteiger partial charge is 0.221 e. The number of hydrogen-bond donors (Lipinski definition) is 2. The Hall–Kier alpha value is -0.220. The molecule has 0 aromatic rings. The highest BCUT2D eigenvalue weighted by atomic mass is 32.2. The average Bonchev–Trinajstić information content (AvgIpc) is 2.14. The largest absolute Gasteiger partial charge is 0.353 e. The third kappa shape index (κ3) is 8.75. The monoisotopic (exact) mass is 232 g/mol. The van der Waals surface area contributed by atoms with Crippen molar-refractivity contribution in [3.05, 3.63) is 0 Å². The maximum absolute atomic E-state index is 11.5. The van der Waals surface area contributed by atoms with Crippen LogP contribution in [-0.4, -0.2) is 29.5 Å². The lowest BCUT2D eigenvalue weighted by atomic mass is 10.1. The maximum Gasteiger partial charge on any atom is 0.221 e. The number of amides is 1. The lowest BCUT2D eigenvalue weighted by Crippen LogP contribution is -2.38. The molecule has 90 valence electrons. The Labute approximate surface area is 97.6 Å². The van der Waals surface area contributed by atoms with Gasteiger partial charge in [0.2, 0.25) is 5.91 Å². The topological polar surface area (TPSA) is 55.1 Å². The molecule has 3 nitrogen and oxygen atoms in total. The fourth-order valence-electron chi connectivity index (χ4n) is 1.38. The van der Waals surface area contributed by atoms with E-state index in [1.54, 1.807) is 0 Å². The molecule has 2 unspecified atom stereocenters. The Morgan fingerprint density at radius 3 is 2.67 bits per heavy atom. The van der Waals surface area contributed by atoms with E-state index in [4.69, 9.17) is 5.73 Å². The van der Waals surface area contributed by atoms with E-state index in [2.05, 4.69) is 19.2 Å². The molecule has 0 rings (SSSR count). The number of hydrogen-bond acceptors (Lipinski definition) is 3. The van der Waals surface area contributed by atoms with Gasteiger partial charge in [0.15, 0.2) is 0 Å². The molecule has 0 saturated heterocycles. The minimum Gasteiger partial charge on any atom is -0.353 e. The third-order valence-corrected chi connectivity index (χ3v) is 3.23. The number of rotatable bonds is 8. The van der Waals surface area contributed by atoms with E-state index in [9.17, 15) is 4.79 Å². The van der Waals surface area contributed by atoms with Gasteiger partial charge in [0.25, 0.3) is 0 Å². The van der Waals surface area contributed by atoms with Crippen molar-refractivity contribution in [3.8, 4) is 0 Å². The Morgan fingerprint density at radius 2 is 2.13 bits per heavy atom. The molecule has 0 aromatic carbocycles. The van der Waals surface area contributed by atoms with Crippen LogP contribution in [0.25, 0.3) is 0 Å². The van der Waals surface area contributed by atoms with Crippen LogP contribution in [0.5, 0.6) is 0 Å². The van der Waals surface area contributed by atoms with Gasteiger partial charge < -0.3 is 11.1 Å². The third-order valence-electron chi connectivity index (χ3n) is 2.09. The Morgan fingerprint density at radius 1 is 1.47 bits per heavy atom. The van der Waals surface area contributed by atoms with Gasteiger partial charge in [-0.05, 0) is 19.1 Å². The van der Waals surface area contributed by atoms with E-state index in [1.807, 2.05) is 18.7 Å². The second-order valence-corrected chi connectivity index (χ2v) is 5.20. The summed E-state index contributed by atoms with van der Waals surface area (Å²) in [6, 6.07) is 0.261. The highest BCUT2D eigenvalue weighted by Crippen LogP contribution is 2.03. The average molecular weight is 232 g/mol. The van der Waals surface area contributed by atoms with Gasteiger partial charge in [0, 0.05) is 24.3 Å². The van der Waals surface area contributed by atoms with E-state index >= 15 is 0 Å². The van der Waals surface area contributed by atoms with Gasteiger partial charge in [0.05, 0.1) is 0 Å². The summed E-state index contributed by atoms with van der Waals surface area (Å²) in [5, 5.41) is 2.96. The maximum atomic E-state index is 11.5. The van der Waals surface area contributed by atoms with Crippen LogP contribution in [0.4, 0.5) is 0 Å². The molecule has 15 heavy (non-hydrogen) atoms. The number of carbonyl (C=O) groups is 1. The highest BCUT2D eigenvalue weighted by Gasteiger charge is 2.10. The molecule has 3 N–H and O–H groups in total. The van der Waals surface area contributed by atoms with E-state index < -0.39 is 0 Å². The summed E-state index contributed by atoms with van der Waals surface area (Å²) in [4.78, 5) is 11.5. The SMILES string of the molecule is CCCC(N)CC(=O)NC(C)CSCC. The normalized spacial score (nSPS) is 14.7. The Balaban J connectivity index is 3.63. The van der Waals surface area contributed by atoms with Crippen LogP contribution in [0.2, 0.25) is 0 Å². The lowest BCUT2D eigenvalue weighted by molar-refractivity contribution is -0.121. The quantitative estimate of drug-likeness (QED) is 0.670. The summed E-state index contributed by atoms with van der Waals surface area (Å²) in [6.45, 7) is 6.24. The van der Waals surface area contributed by atoms with E-state index in [1.165, 1.54) is 0 Å². The summed E-state index contributed by atoms with van der Waals surface area (Å²) < 4.78 is 0. The molecule has 0 aliphatic heterocycles. The second-order valence-electron chi connectivity index (χ2n) is 3.88. The molecule has 0 fully saturated rings. The Bertz CT molecular complexity index is 176. The molecule has 0 saturated carbocycles. The van der Waals surface area contributed by atoms with Crippen molar-refractivity contribution < 1.29 is 4.79 Å². The van der Waals surface area contributed by atoms with E-state index in [0.717, 1.165) is 24.3 Å². The van der Waals surface area contributed by atoms with E-state index in [0.29, 0.717) is 6.42 Å². The van der Waals surface area contributed by atoms with Crippen LogP contribution in [0, 0.1) is 0 Å². The zero-order chi connectivity index (χ0) is 11.7. The van der Waals surface area contributed by atoms with Gasteiger partial charge in [-0.3, -0.25) is 4.79 Å². The molecule has 0 aromatic heterocycles. The summed E-state index contributed by atoms with van der Waals surface area (Å²) >= 11 is 1.84. The molecule has 0 spiro atoms. The zero-order valence-corrected chi connectivity index (χ0v) is 10.9. The van der Waals surface area contributed by atoms with Gasteiger partial charge >= 0.3 is 0 Å². The van der Waals surface area contributed by atoms with Gasteiger partial charge in [-0.15, -0.1) is 0 Å². The molecule has 1 amide bonds. The van der Waals surface area contributed by atoms with Crippen LogP contribution in [0.3, 0.4) is 0 Å². The highest BCUT2D eigenvalue weighted by molar-refractivity contribution is 7.99. The standard InChI is InChI=1S/C11H24N2OS/c1-4-6-10(12)7-11(14)13-9(3)8-15-5-2/h9-10H,4-8,12H2,1-3H3,(H,13,14). The molecular weight excluding hydrogens is 208 g/mol. The molecule has 0 bridgehead atoms. The fraction of sp³-hybridized carbons (Fsp3) is 0.909. The van der Waals surface area contributed by atoms with Gasteiger partial charge in [-0.2, -0.15) is 11.8 Å². The Kier molecular flexibility index (Phi) is 8.91. The minimum absolute atomic E-state index is 0.0148. The summed E-state index contributed by atoms with van der Waals surface area (Å²) in [5.74, 6) is 2.15. The lowest BCUT2D eigenvalue weighted by Gasteiger charge is -2.15. The molecular formula is C11H24N2OS. The first kappa shape index (κ1) is 14.8. The fourth-order valence-corrected chi connectivity index (χ4v) is 2.05. The van der Waals surface area contributed by atoms with E-state index in [-0.39, 0.29) is 18.0 Å². The van der Waals surface area contributed by atoms with Crippen LogP contribution in [0.15, 0.2) is 0 Å². The van der Waals surface area contributed by atoms with Crippen molar-refractivity contribution in [3.63, 3.8) is 0 Å². The van der Waals surface area contributed by atoms with Crippen molar-refractivity contribution in [2.45, 2.75) is 52.1 Å². The van der Waals surface area contributed by atoms with Crippen molar-refractivity contribution in [2.75, 3.05) is 11.5 Å². The van der Waals surface area contributed by atoms with Crippen LogP contribution in [-0.2, 0) is 4.79 Å². The minimum atomic E-state index is 0.0148. The number of thioether (sulfide) groups is 1. The van der Waals surface area contributed by atoms with Gasteiger partial charge in [-0.1, -0.05) is 20.3 Å². The van der Waals surface area contributed by atoms with Crippen molar-refractivity contribution in [1.82, 2.24) is 5.32 Å². The predicted octanol–water partition coefficient (Wildman–Crippen LogP) is 1.76. The first-order valence-corrected chi connectivity index (χ1v) is 6.88. The molecule has 0 heterocycles. The molecule has 2 atom stereocenters. The first-order valence-electron chi connectivity index (χ1n) is 5.72. The van der Waals surface area contributed by atoms with Gasteiger partial charge in [0.1, 0.15) is 0 Å². The zero-order valence-electron chi connectivity index (χ0n) is 10.1. The number of carbonyl (C=O) groups excluding carboxylic acids is 1. The summed E-state index contributed by atoms with van der Waals surface area (Å²) in [5.41, 5.74) is 5.79. The van der Waals surface area contributed by atoms with Crippen LogP contribution >= 0.6 is 11.8 Å². The second kappa shape index (κ2) is 9.04. The summed E-state index contributed by atoms with van der Waals surface area (Å²) in [6.07, 6.45) is 2.41. The summed E-state index contributed by atoms with van der Waals surface area (Å²) in [7, 11) is 0. The van der Waals surface area contributed by atoms with Crippen molar-refractivity contribution in [2.24, 2.45) is 5.73 Å². The van der Waals surface area contributed by atoms with Crippen LogP contribution < -0.4 is 11.1 Å².